The fourth-order valence-electron chi connectivity index (χ4n) is 3.61. The molecule has 2 N–H and O–H groups in total. The molecule has 0 saturated heterocycles. The van der Waals surface area contributed by atoms with Gasteiger partial charge >= 0.3 is 0 Å². The summed E-state index contributed by atoms with van der Waals surface area (Å²) in [5.74, 6) is -0.144. The van der Waals surface area contributed by atoms with Gasteiger partial charge in [-0.25, -0.2) is 18.3 Å². The molecule has 0 bridgehead atoms. The van der Waals surface area contributed by atoms with E-state index < -0.39 is 16.2 Å². The fraction of sp³-hybridized carbons (Fsp3) is 0.158. The van der Waals surface area contributed by atoms with Gasteiger partial charge in [0.2, 0.25) is 5.95 Å². The highest BCUT2D eigenvalue weighted by Gasteiger charge is 2.50. The van der Waals surface area contributed by atoms with Gasteiger partial charge in [0.05, 0.1) is 11.9 Å². The summed E-state index contributed by atoms with van der Waals surface area (Å²) in [6.07, 6.45) is 1.49. The summed E-state index contributed by atoms with van der Waals surface area (Å²) in [5, 5.41) is 0.651. The highest BCUT2D eigenvalue weighted by atomic mass is 35.5. The Morgan fingerprint density at radius 3 is 2.31 bits per heavy atom. The Balaban J connectivity index is 1.90. The molecule has 0 radical (unpaired) electrons. The summed E-state index contributed by atoms with van der Waals surface area (Å²) in [6, 6.07) is 11.8. The van der Waals surface area contributed by atoms with Crippen molar-refractivity contribution in [2.45, 2.75) is 23.9 Å². The van der Waals surface area contributed by atoms with Crippen LogP contribution in [0.2, 0.25) is 10.0 Å². The van der Waals surface area contributed by atoms with Crippen LogP contribution < -0.4 is 10.6 Å². The van der Waals surface area contributed by atoms with Crippen LogP contribution in [0.4, 0.5) is 17.3 Å². The van der Waals surface area contributed by atoms with Crippen molar-refractivity contribution >= 4 is 57.1 Å². The van der Waals surface area contributed by atoms with E-state index in [0.717, 1.165) is 5.56 Å². The minimum Gasteiger partial charge on any atom is -0.399 e. The molecule has 150 valence electrons. The van der Waals surface area contributed by atoms with Crippen molar-refractivity contribution in [3.8, 4) is 0 Å². The third-order valence-corrected chi connectivity index (χ3v) is 6.03. The molecule has 4 rings (SSSR count). The van der Waals surface area contributed by atoms with E-state index >= 15 is 0 Å². The molecule has 7 nitrogen and oxygen atoms in total. The number of hydrogen-bond acceptors (Lipinski definition) is 5. The number of fused-ring (bicyclic) bond motifs is 1. The van der Waals surface area contributed by atoms with Crippen LogP contribution in [0, 0.1) is 0 Å². The molecule has 0 spiro atoms. The molecule has 1 aromatic heterocycles. The Morgan fingerprint density at radius 2 is 1.72 bits per heavy atom. The fourth-order valence-corrected chi connectivity index (χ4v) is 4.75. The Labute approximate surface area is 178 Å². The lowest BCUT2D eigenvalue weighted by Crippen LogP contribution is -2.41. The number of aromatic nitrogens is 2. The number of amides is 1. The van der Waals surface area contributed by atoms with Gasteiger partial charge in [-0.2, -0.15) is 0 Å². The summed E-state index contributed by atoms with van der Waals surface area (Å²) in [6.45, 7) is 1.69. The second-order valence-electron chi connectivity index (χ2n) is 6.97. The number of nitrogen functional groups attached to an aromatic ring is 1. The molecule has 1 aliphatic heterocycles. The zero-order valence-corrected chi connectivity index (χ0v) is 17.6. The second-order valence-corrected chi connectivity index (χ2v) is 8.81. The smallest absolute Gasteiger partial charge is 0.260 e. The lowest BCUT2D eigenvalue weighted by molar-refractivity contribution is -0.124. The number of halogens is 2. The molecule has 0 fully saturated rings. The molecule has 1 atom stereocenters. The van der Waals surface area contributed by atoms with Crippen molar-refractivity contribution in [1.82, 2.24) is 9.55 Å². The highest BCUT2D eigenvalue weighted by Crippen LogP contribution is 2.43. The molecule has 0 aliphatic carbocycles. The van der Waals surface area contributed by atoms with E-state index in [1.54, 1.807) is 49.4 Å². The first-order valence-corrected chi connectivity index (χ1v) is 10.5. The maximum Gasteiger partial charge on any atom is 0.260 e. The van der Waals surface area contributed by atoms with Gasteiger partial charge in [0.15, 0.2) is 15.7 Å². The number of anilines is 3. The lowest BCUT2D eigenvalue weighted by atomic mass is 9.92. The number of carbonyl (C=O) groups is 1. The van der Waals surface area contributed by atoms with Crippen LogP contribution >= 0.6 is 23.2 Å². The van der Waals surface area contributed by atoms with Gasteiger partial charge in [0.25, 0.3) is 5.91 Å². The zero-order chi connectivity index (χ0) is 20.9. The van der Waals surface area contributed by atoms with Crippen LogP contribution in [0.15, 0.2) is 53.7 Å². The van der Waals surface area contributed by atoms with Crippen LogP contribution in [0.5, 0.6) is 0 Å². The number of thiol groups is 1. The third-order valence-electron chi connectivity index (χ3n) is 4.90. The predicted octanol–water partition coefficient (Wildman–Crippen LogP) is 3.38. The monoisotopic (exact) mass is 450 g/mol. The van der Waals surface area contributed by atoms with E-state index in [0.29, 0.717) is 21.4 Å². The second kappa shape index (κ2) is 7.05. The summed E-state index contributed by atoms with van der Waals surface area (Å²) in [4.78, 5) is 19.1. The molecule has 0 saturated carbocycles. The zero-order valence-electron chi connectivity index (χ0n) is 15.2. The lowest BCUT2D eigenvalue weighted by Gasteiger charge is -2.26. The van der Waals surface area contributed by atoms with Crippen molar-refractivity contribution in [2.24, 2.45) is 0 Å². The maximum absolute atomic E-state index is 13.6. The Bertz CT molecular complexity index is 1180. The van der Waals surface area contributed by atoms with E-state index in [2.05, 4.69) is 4.98 Å². The first-order chi connectivity index (χ1) is 13.7. The van der Waals surface area contributed by atoms with E-state index in [4.69, 9.17) is 28.9 Å². The van der Waals surface area contributed by atoms with Crippen LogP contribution in [0.1, 0.15) is 12.5 Å². The van der Waals surface area contributed by atoms with E-state index in [1.807, 2.05) is 0 Å². The van der Waals surface area contributed by atoms with Gasteiger partial charge in [-0.15, -0.1) is 0 Å². The molecule has 29 heavy (non-hydrogen) atoms. The minimum absolute atomic E-state index is 0.0445. The number of rotatable bonds is 4. The molecular weight excluding hydrogens is 435 g/mol. The molecule has 3 aromatic rings. The average molecular weight is 451 g/mol. The molecule has 1 amide bonds. The molecule has 2 heterocycles. The van der Waals surface area contributed by atoms with E-state index in [1.165, 1.54) is 15.7 Å². The van der Waals surface area contributed by atoms with Crippen molar-refractivity contribution < 1.29 is 13.2 Å². The maximum atomic E-state index is 13.6. The predicted molar refractivity (Wildman–Crippen MR) is 113 cm³/mol. The number of benzene rings is 2. The molecule has 0 unspecified atom stereocenters. The van der Waals surface area contributed by atoms with Crippen LogP contribution in [0.25, 0.3) is 0 Å². The highest BCUT2D eigenvalue weighted by molar-refractivity contribution is 7.72. The molecule has 2 aromatic carbocycles. The quantitative estimate of drug-likeness (QED) is 0.468. The summed E-state index contributed by atoms with van der Waals surface area (Å²) < 4.78 is 25.2. The largest absolute Gasteiger partial charge is 0.399 e. The van der Waals surface area contributed by atoms with E-state index in [9.17, 15) is 13.2 Å². The SMILES string of the molecule is C[C@@]1(Cc2ccc(N)cc2)C(=O)N(c2cc(Cl)cc(Cl)c2)c2ncc([SH](=O)=O)n21. The Kier molecular flexibility index (Phi) is 4.80. The average Bonchev–Trinajstić information content (AvgIpc) is 3.16. The number of carbonyl (C=O) groups excluding carboxylic acids is 1. The van der Waals surface area contributed by atoms with Crippen LogP contribution in [-0.2, 0) is 27.5 Å². The normalized spacial score (nSPS) is 18.5. The van der Waals surface area contributed by atoms with Gasteiger partial charge in [0.1, 0.15) is 5.54 Å². The van der Waals surface area contributed by atoms with E-state index in [-0.39, 0.29) is 23.3 Å². The van der Waals surface area contributed by atoms with Gasteiger partial charge in [-0.3, -0.25) is 9.36 Å². The summed E-state index contributed by atoms with van der Waals surface area (Å²) >= 11 is 12.2. The summed E-state index contributed by atoms with van der Waals surface area (Å²) in [7, 11) is -2.97. The first-order valence-electron chi connectivity index (χ1n) is 8.58. The minimum atomic E-state index is -2.97. The molecule has 10 heteroatoms. The third kappa shape index (κ3) is 3.27. The molecular formula is C19H16Cl2N4O3S. The van der Waals surface area contributed by atoms with Gasteiger partial charge < -0.3 is 5.73 Å². The van der Waals surface area contributed by atoms with Crippen molar-refractivity contribution in [1.29, 1.82) is 0 Å². The van der Waals surface area contributed by atoms with Crippen molar-refractivity contribution in [3.63, 3.8) is 0 Å². The molecule has 1 aliphatic rings. The Hall–Kier alpha value is -2.55. The standard InChI is InChI=1S/C19H16Cl2N4O3S/c1-19(9-11-2-4-14(22)5-3-11)17(26)24(15-7-12(20)6-13(21)8-15)18-23-10-16(25(18)19)29(27)28/h2-8,10,29H,9,22H2,1H3/t19-/m1/s1. The van der Waals surface area contributed by atoms with Crippen LogP contribution in [-0.4, -0.2) is 23.9 Å². The first kappa shape index (κ1) is 19.8. The number of nitrogens with two attached hydrogens (primary N) is 1. The van der Waals surface area contributed by atoms with Gasteiger partial charge in [-0.05, 0) is 42.8 Å². The van der Waals surface area contributed by atoms with Gasteiger partial charge in [-0.1, -0.05) is 35.3 Å². The number of nitrogens with zero attached hydrogens (tertiary/aromatic N) is 3. The van der Waals surface area contributed by atoms with Crippen LogP contribution in [0.3, 0.4) is 0 Å². The topological polar surface area (TPSA) is 98.3 Å². The van der Waals surface area contributed by atoms with Crippen molar-refractivity contribution in [2.75, 3.05) is 10.6 Å². The Morgan fingerprint density at radius 1 is 1.10 bits per heavy atom. The number of imidazole rings is 1. The van der Waals surface area contributed by atoms with Crippen molar-refractivity contribution in [3.05, 3.63) is 64.3 Å². The number of hydrogen-bond donors (Lipinski definition) is 2. The summed E-state index contributed by atoms with van der Waals surface area (Å²) in [5.41, 5.74) is 6.36. The van der Waals surface area contributed by atoms with Gasteiger partial charge in [0, 0.05) is 22.2 Å².